The molecule has 2 aromatic carbocycles. The Kier molecular flexibility index (Phi) is 4.60. The molecule has 2 rings (SSSR count). The van der Waals surface area contributed by atoms with E-state index in [2.05, 4.69) is 11.8 Å². The fraction of sp³-hybridized carbons (Fsp3) is 0.118. The van der Waals surface area contributed by atoms with Gasteiger partial charge in [0.1, 0.15) is 0 Å². The van der Waals surface area contributed by atoms with E-state index in [1.807, 2.05) is 54.6 Å². The van der Waals surface area contributed by atoms with Crippen LogP contribution in [0.2, 0.25) is 0 Å². The molecule has 0 bridgehead atoms. The van der Waals surface area contributed by atoms with E-state index >= 15 is 0 Å². The first kappa shape index (κ1) is 14.6. The first-order valence-corrected chi connectivity index (χ1v) is 6.52. The smallest absolute Gasteiger partial charge is 0.339 e. The Morgan fingerprint density at radius 1 is 1.05 bits per heavy atom. The second kappa shape index (κ2) is 6.60. The van der Waals surface area contributed by atoms with Crippen LogP contribution in [0.3, 0.4) is 0 Å². The highest BCUT2D eigenvalue weighted by Gasteiger charge is 2.16. The van der Waals surface area contributed by atoms with E-state index in [0.29, 0.717) is 5.06 Å². The number of nitrogens with two attached hydrogens (primary N) is 1. The van der Waals surface area contributed by atoms with Gasteiger partial charge in [0.2, 0.25) is 0 Å². The van der Waals surface area contributed by atoms with Gasteiger partial charge in [0, 0.05) is 11.1 Å². The third-order valence-electron chi connectivity index (χ3n) is 3.11. The van der Waals surface area contributed by atoms with E-state index < -0.39 is 12.1 Å². The molecule has 106 valence electrons. The number of primary amides is 1. The molecule has 0 heterocycles. The van der Waals surface area contributed by atoms with Crippen LogP contribution in [0.4, 0.5) is 4.79 Å². The molecule has 1 atom stereocenters. The number of carbonyl (C=O) groups is 1. The van der Waals surface area contributed by atoms with Crippen molar-refractivity contribution >= 4 is 6.03 Å². The van der Waals surface area contributed by atoms with Crippen molar-refractivity contribution in [2.45, 2.75) is 13.0 Å². The van der Waals surface area contributed by atoms with Crippen molar-refractivity contribution in [3.63, 3.8) is 0 Å². The SMILES string of the molecule is CC(c1ccc(C#Cc2ccccc2)cc1)N(O)C(N)=O. The average molecular weight is 280 g/mol. The number of hydroxylamine groups is 2. The number of rotatable bonds is 2. The maximum atomic E-state index is 10.9. The van der Waals surface area contributed by atoms with Crippen molar-refractivity contribution in [3.05, 3.63) is 71.3 Å². The van der Waals surface area contributed by atoms with Crippen LogP contribution >= 0.6 is 0 Å². The molecule has 0 spiro atoms. The first-order valence-electron chi connectivity index (χ1n) is 6.52. The molecule has 21 heavy (non-hydrogen) atoms. The summed E-state index contributed by atoms with van der Waals surface area (Å²) in [5, 5.41) is 10.0. The van der Waals surface area contributed by atoms with E-state index in [-0.39, 0.29) is 0 Å². The van der Waals surface area contributed by atoms with Crippen LogP contribution in [0.5, 0.6) is 0 Å². The summed E-state index contributed by atoms with van der Waals surface area (Å²) in [7, 11) is 0. The van der Waals surface area contributed by atoms with Crippen molar-refractivity contribution in [3.8, 4) is 11.8 Å². The van der Waals surface area contributed by atoms with Gasteiger partial charge >= 0.3 is 6.03 Å². The maximum Gasteiger partial charge on any atom is 0.339 e. The molecular weight excluding hydrogens is 264 g/mol. The Morgan fingerprint density at radius 3 is 2.10 bits per heavy atom. The first-order chi connectivity index (χ1) is 10.1. The van der Waals surface area contributed by atoms with Gasteiger partial charge < -0.3 is 5.73 Å². The van der Waals surface area contributed by atoms with Gasteiger partial charge in [-0.1, -0.05) is 42.2 Å². The maximum absolute atomic E-state index is 10.9. The molecule has 1 unspecified atom stereocenters. The van der Waals surface area contributed by atoms with E-state index in [1.54, 1.807) is 6.92 Å². The summed E-state index contributed by atoms with van der Waals surface area (Å²) in [6.07, 6.45) is 0. The molecule has 0 aromatic heterocycles. The Bertz CT molecular complexity index is 669. The lowest BCUT2D eigenvalue weighted by Gasteiger charge is -2.20. The van der Waals surface area contributed by atoms with Gasteiger partial charge in [0.15, 0.2) is 0 Å². The summed E-state index contributed by atoms with van der Waals surface area (Å²) in [6.45, 7) is 1.69. The van der Waals surface area contributed by atoms with Gasteiger partial charge in [0.25, 0.3) is 0 Å². The number of amides is 2. The molecule has 0 aliphatic heterocycles. The molecule has 0 aliphatic carbocycles. The molecule has 3 N–H and O–H groups in total. The van der Waals surface area contributed by atoms with E-state index in [9.17, 15) is 10.0 Å². The van der Waals surface area contributed by atoms with Crippen LogP contribution in [-0.2, 0) is 0 Å². The number of urea groups is 1. The van der Waals surface area contributed by atoms with Crippen molar-refractivity contribution < 1.29 is 10.0 Å². The highest BCUT2D eigenvalue weighted by molar-refractivity contribution is 5.71. The van der Waals surface area contributed by atoms with Crippen LogP contribution < -0.4 is 5.73 Å². The average Bonchev–Trinajstić information content (AvgIpc) is 2.53. The summed E-state index contributed by atoms with van der Waals surface area (Å²) in [4.78, 5) is 10.9. The van der Waals surface area contributed by atoms with Crippen molar-refractivity contribution in [2.24, 2.45) is 5.73 Å². The Morgan fingerprint density at radius 2 is 1.57 bits per heavy atom. The molecule has 0 saturated heterocycles. The fourth-order valence-electron chi connectivity index (χ4n) is 1.84. The molecule has 0 saturated carbocycles. The Hall–Kier alpha value is -2.77. The largest absolute Gasteiger partial charge is 0.350 e. The van der Waals surface area contributed by atoms with Crippen molar-refractivity contribution in [1.29, 1.82) is 0 Å². The highest BCUT2D eigenvalue weighted by atomic mass is 16.5. The third kappa shape index (κ3) is 3.85. The highest BCUT2D eigenvalue weighted by Crippen LogP contribution is 2.18. The molecule has 0 fully saturated rings. The van der Waals surface area contributed by atoms with Gasteiger partial charge in [-0.05, 0) is 36.8 Å². The quantitative estimate of drug-likeness (QED) is 0.504. The summed E-state index contributed by atoms with van der Waals surface area (Å²) in [5.41, 5.74) is 7.62. The van der Waals surface area contributed by atoms with Gasteiger partial charge in [0.05, 0.1) is 6.04 Å². The second-order valence-corrected chi connectivity index (χ2v) is 4.60. The normalized spacial score (nSPS) is 11.1. The van der Waals surface area contributed by atoms with Crippen LogP contribution in [0.1, 0.15) is 29.7 Å². The molecule has 4 heteroatoms. The zero-order valence-electron chi connectivity index (χ0n) is 11.7. The summed E-state index contributed by atoms with van der Waals surface area (Å²) < 4.78 is 0. The summed E-state index contributed by atoms with van der Waals surface area (Å²) >= 11 is 0. The zero-order chi connectivity index (χ0) is 15.2. The van der Waals surface area contributed by atoms with Crippen LogP contribution in [0, 0.1) is 11.8 Å². The lowest BCUT2D eigenvalue weighted by Crippen LogP contribution is -2.34. The van der Waals surface area contributed by atoms with Crippen LogP contribution in [-0.4, -0.2) is 16.3 Å². The number of carbonyl (C=O) groups excluding carboxylic acids is 1. The lowest BCUT2D eigenvalue weighted by atomic mass is 10.1. The van der Waals surface area contributed by atoms with E-state index in [1.165, 1.54) is 0 Å². The number of hydrogen-bond acceptors (Lipinski definition) is 2. The number of benzene rings is 2. The minimum Gasteiger partial charge on any atom is -0.350 e. The predicted octanol–water partition coefficient (Wildman–Crippen LogP) is 2.92. The molecule has 0 radical (unpaired) electrons. The van der Waals surface area contributed by atoms with Gasteiger partial charge in [-0.15, -0.1) is 0 Å². The molecule has 2 aromatic rings. The van der Waals surface area contributed by atoms with E-state index in [4.69, 9.17) is 5.73 Å². The number of nitrogens with zero attached hydrogens (tertiary/aromatic N) is 1. The van der Waals surface area contributed by atoms with Crippen LogP contribution in [0.15, 0.2) is 54.6 Å². The monoisotopic (exact) mass is 280 g/mol. The minimum absolute atomic E-state index is 0.501. The topological polar surface area (TPSA) is 66.6 Å². The van der Waals surface area contributed by atoms with Gasteiger partial charge in [-0.3, -0.25) is 5.21 Å². The van der Waals surface area contributed by atoms with Crippen molar-refractivity contribution in [2.75, 3.05) is 0 Å². The summed E-state index contributed by atoms with van der Waals surface area (Å²) in [6, 6.07) is 15.6. The standard InChI is InChI=1S/C17H16N2O2/c1-13(19(21)17(18)20)16-11-9-15(10-12-16)8-7-14-5-3-2-4-6-14/h2-6,9-13,21H,1H3,(H2,18,20). The molecule has 0 aliphatic rings. The third-order valence-corrected chi connectivity index (χ3v) is 3.11. The molecule has 2 amide bonds. The Balaban J connectivity index is 2.13. The number of hydrogen-bond donors (Lipinski definition) is 2. The van der Waals surface area contributed by atoms with Gasteiger partial charge in [-0.25, -0.2) is 4.79 Å². The van der Waals surface area contributed by atoms with Crippen LogP contribution in [0.25, 0.3) is 0 Å². The second-order valence-electron chi connectivity index (χ2n) is 4.60. The summed E-state index contributed by atoms with van der Waals surface area (Å²) in [5.74, 6) is 6.13. The fourth-order valence-corrected chi connectivity index (χ4v) is 1.84. The zero-order valence-corrected chi connectivity index (χ0v) is 11.7. The minimum atomic E-state index is -0.879. The van der Waals surface area contributed by atoms with Crippen molar-refractivity contribution in [1.82, 2.24) is 5.06 Å². The predicted molar refractivity (Wildman–Crippen MR) is 80.5 cm³/mol. The Labute approximate surface area is 123 Å². The molecular formula is C17H16N2O2. The lowest BCUT2D eigenvalue weighted by molar-refractivity contribution is -0.0709. The molecule has 4 nitrogen and oxygen atoms in total. The van der Waals surface area contributed by atoms with E-state index in [0.717, 1.165) is 16.7 Å². The van der Waals surface area contributed by atoms with Gasteiger partial charge in [-0.2, -0.15) is 5.06 Å².